The standard InChI is InChI=1S/C10H13N3O2S/c1-6-4-16-5-7(6)9-12-10(15-13-9)8(11)3-14-2/h4-5,8H,3,11H2,1-2H3. The van der Waals surface area contributed by atoms with Crippen molar-refractivity contribution < 1.29 is 9.26 Å². The fourth-order valence-corrected chi connectivity index (χ4v) is 2.16. The number of thiophene rings is 1. The SMILES string of the molecule is COCC(N)c1nc(-c2cscc2C)no1. The smallest absolute Gasteiger partial charge is 0.246 e. The fourth-order valence-electron chi connectivity index (χ4n) is 1.34. The summed E-state index contributed by atoms with van der Waals surface area (Å²) in [6.07, 6.45) is 0. The van der Waals surface area contributed by atoms with Crippen LogP contribution in [0.3, 0.4) is 0 Å². The van der Waals surface area contributed by atoms with Crippen molar-refractivity contribution in [3.05, 3.63) is 22.2 Å². The van der Waals surface area contributed by atoms with Crippen LogP contribution in [0.4, 0.5) is 0 Å². The quantitative estimate of drug-likeness (QED) is 0.879. The molecule has 0 aliphatic carbocycles. The highest BCUT2D eigenvalue weighted by molar-refractivity contribution is 7.08. The molecule has 0 amide bonds. The molecule has 1 atom stereocenters. The molecule has 0 spiro atoms. The molecule has 86 valence electrons. The maximum atomic E-state index is 5.79. The molecule has 0 saturated carbocycles. The number of nitrogens with zero attached hydrogens (tertiary/aromatic N) is 2. The molecule has 2 aromatic rings. The van der Waals surface area contributed by atoms with Gasteiger partial charge in [-0.25, -0.2) is 0 Å². The number of aryl methyl sites for hydroxylation is 1. The van der Waals surface area contributed by atoms with Gasteiger partial charge in [-0.3, -0.25) is 0 Å². The van der Waals surface area contributed by atoms with E-state index in [1.807, 2.05) is 17.7 Å². The third kappa shape index (κ3) is 2.13. The molecule has 1 unspecified atom stereocenters. The molecule has 0 saturated heterocycles. The molecule has 6 heteroatoms. The molecule has 2 aromatic heterocycles. The molecule has 0 aliphatic heterocycles. The van der Waals surface area contributed by atoms with Crippen molar-refractivity contribution in [2.45, 2.75) is 13.0 Å². The van der Waals surface area contributed by atoms with Crippen LogP contribution in [0.2, 0.25) is 0 Å². The van der Waals surface area contributed by atoms with Crippen LogP contribution in [0.5, 0.6) is 0 Å². The Bertz CT molecular complexity index is 466. The van der Waals surface area contributed by atoms with Gasteiger partial charge < -0.3 is 15.0 Å². The van der Waals surface area contributed by atoms with E-state index in [1.54, 1.807) is 18.4 Å². The van der Waals surface area contributed by atoms with Gasteiger partial charge in [0.2, 0.25) is 11.7 Å². The highest BCUT2D eigenvalue weighted by Crippen LogP contribution is 2.24. The molecule has 16 heavy (non-hydrogen) atoms. The van der Waals surface area contributed by atoms with Crippen molar-refractivity contribution in [1.29, 1.82) is 0 Å². The third-order valence-electron chi connectivity index (χ3n) is 2.20. The Balaban J connectivity index is 2.23. The van der Waals surface area contributed by atoms with Crippen LogP contribution < -0.4 is 5.73 Å². The zero-order valence-corrected chi connectivity index (χ0v) is 9.95. The average molecular weight is 239 g/mol. The second-order valence-electron chi connectivity index (χ2n) is 3.49. The summed E-state index contributed by atoms with van der Waals surface area (Å²) in [6.45, 7) is 2.38. The molecule has 0 aromatic carbocycles. The second-order valence-corrected chi connectivity index (χ2v) is 4.23. The normalized spacial score (nSPS) is 12.9. The van der Waals surface area contributed by atoms with Gasteiger partial charge in [-0.05, 0) is 17.9 Å². The van der Waals surface area contributed by atoms with Crippen LogP contribution in [-0.4, -0.2) is 23.9 Å². The van der Waals surface area contributed by atoms with Crippen molar-refractivity contribution in [2.75, 3.05) is 13.7 Å². The zero-order chi connectivity index (χ0) is 11.5. The average Bonchev–Trinajstić information content (AvgIpc) is 2.86. The highest BCUT2D eigenvalue weighted by atomic mass is 32.1. The second kappa shape index (κ2) is 4.73. The predicted octanol–water partition coefficient (Wildman–Crippen LogP) is 1.75. The Morgan fingerprint density at radius 2 is 2.38 bits per heavy atom. The Hall–Kier alpha value is -1.24. The lowest BCUT2D eigenvalue weighted by Gasteiger charge is -2.02. The molecule has 5 nitrogen and oxygen atoms in total. The summed E-state index contributed by atoms with van der Waals surface area (Å²) in [7, 11) is 1.58. The minimum atomic E-state index is -0.370. The minimum absolute atomic E-state index is 0.365. The topological polar surface area (TPSA) is 74.2 Å². The predicted molar refractivity (Wildman–Crippen MR) is 61.2 cm³/mol. The van der Waals surface area contributed by atoms with Crippen molar-refractivity contribution in [3.8, 4) is 11.4 Å². The first-order valence-corrected chi connectivity index (χ1v) is 5.78. The van der Waals surface area contributed by atoms with E-state index < -0.39 is 0 Å². The fraction of sp³-hybridized carbons (Fsp3) is 0.400. The van der Waals surface area contributed by atoms with Gasteiger partial charge in [0.25, 0.3) is 0 Å². The Morgan fingerprint density at radius 3 is 3.00 bits per heavy atom. The number of nitrogens with two attached hydrogens (primary N) is 1. The van der Waals surface area contributed by atoms with E-state index in [0.29, 0.717) is 18.3 Å². The van der Waals surface area contributed by atoms with Gasteiger partial charge in [-0.1, -0.05) is 5.16 Å². The van der Waals surface area contributed by atoms with Gasteiger partial charge in [0, 0.05) is 18.1 Å². The van der Waals surface area contributed by atoms with Crippen molar-refractivity contribution in [3.63, 3.8) is 0 Å². The van der Waals surface area contributed by atoms with Crippen LogP contribution >= 0.6 is 11.3 Å². The summed E-state index contributed by atoms with van der Waals surface area (Å²) in [5.74, 6) is 0.989. The van der Waals surface area contributed by atoms with Crippen molar-refractivity contribution >= 4 is 11.3 Å². The van der Waals surface area contributed by atoms with Crippen LogP contribution in [0.15, 0.2) is 15.3 Å². The van der Waals surface area contributed by atoms with Gasteiger partial charge >= 0.3 is 0 Å². The number of aromatic nitrogens is 2. The van der Waals surface area contributed by atoms with E-state index >= 15 is 0 Å². The summed E-state index contributed by atoms with van der Waals surface area (Å²) in [5.41, 5.74) is 7.92. The largest absolute Gasteiger partial charge is 0.383 e. The molecule has 0 radical (unpaired) electrons. The highest BCUT2D eigenvalue weighted by Gasteiger charge is 2.16. The molecule has 2 rings (SSSR count). The minimum Gasteiger partial charge on any atom is -0.383 e. The van der Waals surface area contributed by atoms with E-state index in [9.17, 15) is 0 Å². The van der Waals surface area contributed by atoms with Crippen LogP contribution in [0, 0.1) is 6.92 Å². The van der Waals surface area contributed by atoms with E-state index in [4.69, 9.17) is 15.0 Å². The molecular formula is C10H13N3O2S. The van der Waals surface area contributed by atoms with Crippen LogP contribution in [0.1, 0.15) is 17.5 Å². The third-order valence-corrected chi connectivity index (χ3v) is 3.06. The summed E-state index contributed by atoms with van der Waals surface area (Å²) < 4.78 is 10.0. The Kier molecular flexibility index (Phi) is 3.33. The summed E-state index contributed by atoms with van der Waals surface area (Å²) in [4.78, 5) is 4.26. The van der Waals surface area contributed by atoms with Crippen molar-refractivity contribution in [2.24, 2.45) is 5.73 Å². The van der Waals surface area contributed by atoms with E-state index in [2.05, 4.69) is 10.1 Å². The first-order chi connectivity index (χ1) is 7.72. The van der Waals surface area contributed by atoms with Gasteiger partial charge in [0.1, 0.15) is 6.04 Å². The summed E-state index contributed by atoms with van der Waals surface area (Å²) >= 11 is 1.61. The lowest BCUT2D eigenvalue weighted by molar-refractivity contribution is 0.166. The van der Waals surface area contributed by atoms with Crippen LogP contribution in [0.25, 0.3) is 11.4 Å². The Morgan fingerprint density at radius 1 is 1.56 bits per heavy atom. The van der Waals surface area contributed by atoms with Gasteiger partial charge in [0.15, 0.2) is 0 Å². The van der Waals surface area contributed by atoms with Crippen molar-refractivity contribution in [1.82, 2.24) is 10.1 Å². The molecule has 0 fully saturated rings. The summed E-state index contributed by atoms with van der Waals surface area (Å²) in [6, 6.07) is -0.370. The van der Waals surface area contributed by atoms with E-state index in [1.165, 1.54) is 0 Å². The number of hydrogen-bond acceptors (Lipinski definition) is 6. The van der Waals surface area contributed by atoms with E-state index in [0.717, 1.165) is 11.1 Å². The molecular weight excluding hydrogens is 226 g/mol. The monoisotopic (exact) mass is 239 g/mol. The zero-order valence-electron chi connectivity index (χ0n) is 9.14. The number of hydrogen-bond donors (Lipinski definition) is 1. The maximum absolute atomic E-state index is 5.79. The van der Waals surface area contributed by atoms with E-state index in [-0.39, 0.29) is 6.04 Å². The molecule has 2 N–H and O–H groups in total. The first-order valence-electron chi connectivity index (χ1n) is 4.83. The lowest BCUT2D eigenvalue weighted by Crippen LogP contribution is -2.16. The van der Waals surface area contributed by atoms with Crippen LogP contribution in [-0.2, 0) is 4.74 Å². The summed E-state index contributed by atoms with van der Waals surface area (Å²) in [5, 5.41) is 7.94. The van der Waals surface area contributed by atoms with Gasteiger partial charge in [-0.2, -0.15) is 16.3 Å². The molecule has 0 aliphatic rings. The molecule has 0 bridgehead atoms. The number of rotatable bonds is 4. The van der Waals surface area contributed by atoms with Gasteiger partial charge in [0.05, 0.1) is 6.61 Å². The lowest BCUT2D eigenvalue weighted by atomic mass is 10.2. The first kappa shape index (κ1) is 11.3. The van der Waals surface area contributed by atoms with Gasteiger partial charge in [-0.15, -0.1) is 0 Å². The Labute approximate surface area is 97.2 Å². The number of ether oxygens (including phenoxy) is 1. The maximum Gasteiger partial charge on any atom is 0.246 e. The number of methoxy groups -OCH3 is 1. The molecule has 2 heterocycles.